The van der Waals surface area contributed by atoms with Gasteiger partial charge in [0.05, 0.1) is 0 Å². The van der Waals surface area contributed by atoms with Crippen molar-refractivity contribution in [1.29, 1.82) is 0 Å². The molecule has 0 bridgehead atoms. The summed E-state index contributed by atoms with van der Waals surface area (Å²) < 4.78 is 28.8. The van der Waals surface area contributed by atoms with Gasteiger partial charge in [-0.2, -0.15) is 13.2 Å². The normalized spacial score (nSPS) is 6.00. The van der Waals surface area contributed by atoms with Gasteiger partial charge in [0.15, 0.2) is 0 Å². The number of halogens is 4. The minimum atomic E-state index is -3.08. The van der Waals surface area contributed by atoms with E-state index in [0.717, 1.165) is 0 Å². The zero-order valence-electron chi connectivity index (χ0n) is 2.31. The monoisotopic (exact) mass is 259 g/mol. The summed E-state index contributed by atoms with van der Waals surface area (Å²) in [6.45, 7) is -3.08. The van der Waals surface area contributed by atoms with E-state index in [9.17, 15) is 13.2 Å². The molecule has 6 heavy (non-hydrogen) atoms. The quantitative estimate of drug-likeness (QED) is 0.361. The molecule has 0 aromatic rings. The van der Waals surface area contributed by atoms with Crippen molar-refractivity contribution in [1.82, 2.24) is 0 Å². The van der Waals surface area contributed by atoms with E-state index >= 15 is 0 Å². The van der Waals surface area contributed by atoms with Crippen LogP contribution in [-0.4, -0.2) is 0 Å². The first kappa shape index (κ1) is 15.7. The Kier molecular flexibility index (Phi) is 24.7. The second kappa shape index (κ2) is 9.40. The second-order valence-electron chi connectivity index (χ2n) is 0.214. The molecule has 0 nitrogen and oxygen atoms in total. The molecule has 0 heterocycles. The largest absolute Gasteiger partial charge is 1.00 e. The summed E-state index contributed by atoms with van der Waals surface area (Å²) in [6.07, 6.45) is 0. The molecule has 1 radical (unpaired) electrons. The van der Waals surface area contributed by atoms with Crippen LogP contribution in [0.2, 0.25) is 0 Å². The average molecular weight is 259 g/mol. The van der Waals surface area contributed by atoms with Gasteiger partial charge in [-0.1, -0.05) is 0 Å². The van der Waals surface area contributed by atoms with Crippen molar-refractivity contribution in [2.45, 2.75) is 0 Å². The van der Waals surface area contributed by atoms with E-state index < -0.39 is 6.68 Å². The molecular formula is CCuF3I. The third-order valence-electron chi connectivity index (χ3n) is 0. The van der Waals surface area contributed by atoms with Gasteiger partial charge in [-0.05, 0) is 0 Å². The molecule has 0 aliphatic heterocycles. The Labute approximate surface area is 61.0 Å². The fraction of sp³-hybridized carbons (Fsp3) is 0. The van der Waals surface area contributed by atoms with Crippen LogP contribution in [0.15, 0.2) is 0 Å². The molecule has 0 aromatic carbocycles. The van der Waals surface area contributed by atoms with Gasteiger partial charge >= 0.3 is 23.7 Å². The summed E-state index contributed by atoms with van der Waals surface area (Å²) >= 11 is 0. The molecular weight excluding hydrogens is 259 g/mol. The molecule has 0 aliphatic rings. The Hall–Kier alpha value is 1.04. The van der Waals surface area contributed by atoms with Crippen LogP contribution in [0.1, 0.15) is 0 Å². The molecule has 0 aliphatic carbocycles. The zero-order valence-corrected chi connectivity index (χ0v) is 5.41. The van der Waals surface area contributed by atoms with Crippen LogP contribution in [0.5, 0.6) is 0 Å². The van der Waals surface area contributed by atoms with Crippen LogP contribution < -0.4 is 24.0 Å². The SMILES string of the molecule is F[C](F)F.[Cu+].[I-]. The molecule has 0 fully saturated rings. The Bertz CT molecular complexity index is 15.5. The van der Waals surface area contributed by atoms with Crippen molar-refractivity contribution >= 4 is 0 Å². The fourth-order valence-corrected chi connectivity index (χ4v) is 0. The maximum Gasteiger partial charge on any atom is 1.00 e. The second-order valence-corrected chi connectivity index (χ2v) is 0.214. The van der Waals surface area contributed by atoms with E-state index in [1.807, 2.05) is 0 Å². The molecule has 43 valence electrons. The van der Waals surface area contributed by atoms with Crippen molar-refractivity contribution in [3.8, 4) is 0 Å². The van der Waals surface area contributed by atoms with Crippen molar-refractivity contribution in [3.63, 3.8) is 0 Å². The van der Waals surface area contributed by atoms with Crippen LogP contribution in [0, 0.1) is 6.68 Å². The maximum absolute atomic E-state index is 9.58. The minimum Gasteiger partial charge on any atom is -1.00 e. The number of hydrogen-bond acceptors (Lipinski definition) is 0. The first-order valence-corrected chi connectivity index (χ1v) is 0.567. The summed E-state index contributed by atoms with van der Waals surface area (Å²) in [6, 6.07) is 0. The fourth-order valence-electron chi connectivity index (χ4n) is 0. The first-order valence-electron chi connectivity index (χ1n) is 0.567. The van der Waals surface area contributed by atoms with Crippen LogP contribution >= 0.6 is 0 Å². The molecule has 5 heteroatoms. The minimum absolute atomic E-state index is 0. The van der Waals surface area contributed by atoms with E-state index in [0.29, 0.717) is 0 Å². The summed E-state index contributed by atoms with van der Waals surface area (Å²) in [4.78, 5) is 0. The molecule has 0 amide bonds. The molecule has 0 N–H and O–H groups in total. The molecule has 0 rings (SSSR count). The van der Waals surface area contributed by atoms with Gasteiger partial charge in [0, 0.05) is 0 Å². The van der Waals surface area contributed by atoms with Gasteiger partial charge in [0.25, 0.3) is 0 Å². The molecule has 0 unspecified atom stereocenters. The van der Waals surface area contributed by atoms with Crippen molar-refractivity contribution in [2.75, 3.05) is 0 Å². The van der Waals surface area contributed by atoms with Crippen LogP contribution in [-0.2, 0) is 17.1 Å². The molecule has 0 atom stereocenters. The smallest absolute Gasteiger partial charge is 1.00 e. The predicted molar refractivity (Wildman–Crippen MR) is 6.57 cm³/mol. The molecule has 0 saturated carbocycles. The number of hydrogen-bond donors (Lipinski definition) is 0. The van der Waals surface area contributed by atoms with Crippen molar-refractivity contribution in [2.24, 2.45) is 0 Å². The standard InChI is InChI=1S/CF3.Cu.HI/c2-1(3)4;;/h;;1H/q;+1;/p-1. The Morgan fingerprint density at radius 2 is 1.00 bits per heavy atom. The first-order chi connectivity index (χ1) is 1.73. The third-order valence-corrected chi connectivity index (χ3v) is 0. The van der Waals surface area contributed by atoms with Gasteiger partial charge in [-0.25, -0.2) is 0 Å². The molecule has 0 aromatic heterocycles. The van der Waals surface area contributed by atoms with E-state index in [-0.39, 0.29) is 41.0 Å². The third kappa shape index (κ3) is 76.1. The predicted octanol–water partition coefficient (Wildman–Crippen LogP) is -1.66. The van der Waals surface area contributed by atoms with Gasteiger partial charge in [0.1, 0.15) is 0 Å². The van der Waals surface area contributed by atoms with E-state index in [1.165, 1.54) is 0 Å². The van der Waals surface area contributed by atoms with E-state index in [1.54, 1.807) is 0 Å². The van der Waals surface area contributed by atoms with Crippen molar-refractivity contribution < 1.29 is 54.2 Å². The van der Waals surface area contributed by atoms with Gasteiger partial charge in [-0.3, -0.25) is 0 Å². The Morgan fingerprint density at radius 3 is 1.00 bits per heavy atom. The van der Waals surface area contributed by atoms with Gasteiger partial charge in [0.2, 0.25) is 0 Å². The van der Waals surface area contributed by atoms with Gasteiger partial charge in [-0.15, -0.1) is 0 Å². The van der Waals surface area contributed by atoms with Crippen LogP contribution in [0.25, 0.3) is 0 Å². The van der Waals surface area contributed by atoms with Gasteiger partial charge < -0.3 is 24.0 Å². The summed E-state index contributed by atoms with van der Waals surface area (Å²) in [5, 5.41) is 0. The molecule has 0 saturated heterocycles. The Morgan fingerprint density at radius 1 is 1.00 bits per heavy atom. The average Bonchev–Trinajstić information content (AvgIpc) is 0.811. The summed E-state index contributed by atoms with van der Waals surface area (Å²) in [7, 11) is 0. The Balaban J connectivity index is -0.0000000450. The van der Waals surface area contributed by atoms with Crippen molar-refractivity contribution in [3.05, 3.63) is 6.68 Å². The van der Waals surface area contributed by atoms with Crippen LogP contribution in [0.3, 0.4) is 0 Å². The number of rotatable bonds is 0. The van der Waals surface area contributed by atoms with E-state index in [4.69, 9.17) is 0 Å². The topological polar surface area (TPSA) is 0 Å². The zero-order chi connectivity index (χ0) is 3.58. The molecule has 0 spiro atoms. The van der Waals surface area contributed by atoms with E-state index in [2.05, 4.69) is 0 Å². The summed E-state index contributed by atoms with van der Waals surface area (Å²) in [5.74, 6) is 0. The van der Waals surface area contributed by atoms with Crippen LogP contribution in [0.4, 0.5) is 13.2 Å². The maximum atomic E-state index is 9.58. The summed E-state index contributed by atoms with van der Waals surface area (Å²) in [5.41, 5.74) is 0.